The molecule has 4 heterocycles. The average Bonchev–Trinajstić information content (AvgIpc) is 3.52. The van der Waals surface area contributed by atoms with Gasteiger partial charge in [-0.25, -0.2) is 4.79 Å². The topological polar surface area (TPSA) is 145 Å². The van der Waals surface area contributed by atoms with Crippen LogP contribution in [0.25, 0.3) is 0 Å². The van der Waals surface area contributed by atoms with E-state index in [-0.39, 0.29) is 42.4 Å². The van der Waals surface area contributed by atoms with E-state index in [1.165, 1.54) is 33.3 Å². The molecule has 1 N–H and O–H groups in total. The van der Waals surface area contributed by atoms with Gasteiger partial charge in [0.1, 0.15) is 41.3 Å². The smallest absolute Gasteiger partial charge is 0.339 e. The van der Waals surface area contributed by atoms with Gasteiger partial charge in [0.15, 0.2) is 11.9 Å². The van der Waals surface area contributed by atoms with Gasteiger partial charge in [0, 0.05) is 37.7 Å². The van der Waals surface area contributed by atoms with E-state index in [1.54, 1.807) is 31.2 Å². The molecule has 12 nitrogen and oxygen atoms in total. The molecule has 0 radical (unpaired) electrons. The number of fused-ring (bicyclic) bond motifs is 2. The number of allylic oxidation sites excluding steroid dienone is 2. The maximum Gasteiger partial charge on any atom is 0.339 e. The molecule has 1 aromatic rings. The predicted octanol–water partition coefficient (Wildman–Crippen LogP) is 6.76. The molecule has 12 atom stereocenters. The van der Waals surface area contributed by atoms with Crippen molar-refractivity contribution in [2.45, 2.75) is 122 Å². The van der Waals surface area contributed by atoms with Gasteiger partial charge < -0.3 is 43.0 Å². The molecule has 57 heavy (non-hydrogen) atoms. The quantitative estimate of drug-likeness (QED) is 0.177. The van der Waals surface area contributed by atoms with E-state index < -0.39 is 65.7 Å². The molecule has 1 spiro atoms. The molecule has 1 aliphatic carbocycles. The third-order valence-corrected chi connectivity index (χ3v) is 12.1. The first kappa shape index (κ1) is 42.4. The Kier molecular flexibility index (Phi) is 12.9. The van der Waals surface area contributed by atoms with Crippen molar-refractivity contribution >= 4 is 17.9 Å². The summed E-state index contributed by atoms with van der Waals surface area (Å²) in [5, 5.41) is 12.9. The molecule has 2 saturated heterocycles. The molecule has 0 aromatic heterocycles. The van der Waals surface area contributed by atoms with Crippen LogP contribution < -0.4 is 9.47 Å². The van der Waals surface area contributed by atoms with Crippen molar-refractivity contribution in [1.29, 1.82) is 0 Å². The number of hydrogen-bond acceptors (Lipinski definition) is 12. The lowest BCUT2D eigenvalue weighted by Gasteiger charge is -2.48. The van der Waals surface area contributed by atoms with Crippen LogP contribution in [0, 0.1) is 23.7 Å². The zero-order valence-electron chi connectivity index (χ0n) is 34.5. The summed E-state index contributed by atoms with van der Waals surface area (Å²) in [7, 11) is 2.97. The van der Waals surface area contributed by atoms with Crippen LogP contribution >= 0.6 is 0 Å². The monoisotopic (exact) mass is 790 g/mol. The van der Waals surface area contributed by atoms with Crippen molar-refractivity contribution in [3.05, 3.63) is 83.0 Å². The Labute approximate surface area is 335 Å². The van der Waals surface area contributed by atoms with Gasteiger partial charge in [-0.3, -0.25) is 9.59 Å². The normalized spacial score (nSPS) is 38.2. The van der Waals surface area contributed by atoms with Gasteiger partial charge in [0.05, 0.1) is 38.6 Å². The third-order valence-electron chi connectivity index (χ3n) is 12.1. The Morgan fingerprint density at radius 1 is 0.965 bits per heavy atom. The fourth-order valence-corrected chi connectivity index (χ4v) is 8.77. The molecular formula is C45H58O12. The summed E-state index contributed by atoms with van der Waals surface area (Å²) in [4.78, 5) is 40.6. The maximum atomic E-state index is 14.6. The number of rotatable bonds is 7. The Morgan fingerprint density at radius 3 is 2.35 bits per heavy atom. The molecule has 2 fully saturated rings. The van der Waals surface area contributed by atoms with E-state index in [4.69, 9.17) is 37.9 Å². The third kappa shape index (κ3) is 8.79. The largest absolute Gasteiger partial charge is 0.497 e. The zero-order valence-corrected chi connectivity index (χ0v) is 34.5. The van der Waals surface area contributed by atoms with E-state index in [1.807, 2.05) is 32.1 Å². The lowest BCUT2D eigenvalue weighted by molar-refractivity contribution is -0.300. The molecular weight excluding hydrogens is 732 g/mol. The van der Waals surface area contributed by atoms with E-state index in [9.17, 15) is 19.5 Å². The number of carbonyl (C=O) groups is 3. The van der Waals surface area contributed by atoms with E-state index in [2.05, 4.69) is 26.8 Å². The van der Waals surface area contributed by atoms with Gasteiger partial charge in [-0.2, -0.15) is 0 Å². The second-order valence-electron chi connectivity index (χ2n) is 16.3. The highest BCUT2D eigenvalue weighted by Crippen LogP contribution is 2.48. The predicted molar refractivity (Wildman–Crippen MR) is 210 cm³/mol. The number of benzene rings is 1. The molecule has 0 saturated carbocycles. The van der Waals surface area contributed by atoms with Crippen LogP contribution in [0.2, 0.25) is 0 Å². The molecule has 0 amide bonds. The van der Waals surface area contributed by atoms with E-state index in [0.29, 0.717) is 35.5 Å². The molecule has 4 aliphatic heterocycles. The Hall–Kier alpha value is -4.23. The Morgan fingerprint density at radius 2 is 1.68 bits per heavy atom. The van der Waals surface area contributed by atoms with Gasteiger partial charge >= 0.3 is 17.9 Å². The second kappa shape index (κ2) is 17.3. The van der Waals surface area contributed by atoms with Crippen molar-refractivity contribution < 1.29 is 57.4 Å². The number of carbonyl (C=O) groups excluding carboxylic acids is 3. The van der Waals surface area contributed by atoms with E-state index in [0.717, 1.165) is 12.0 Å². The second-order valence-corrected chi connectivity index (χ2v) is 16.3. The minimum Gasteiger partial charge on any atom is -0.497 e. The first-order valence-electron chi connectivity index (χ1n) is 20.0. The summed E-state index contributed by atoms with van der Waals surface area (Å²) in [6, 6.07) is 4.71. The molecule has 1 aromatic carbocycles. The fraction of sp³-hybridized carbons (Fsp3) is 0.578. The average molecular weight is 791 g/mol. The van der Waals surface area contributed by atoms with Crippen LogP contribution in [-0.2, 0) is 38.0 Å². The summed E-state index contributed by atoms with van der Waals surface area (Å²) in [5.41, 5.74) is -0.0116. The van der Waals surface area contributed by atoms with Crippen LogP contribution in [0.5, 0.6) is 11.5 Å². The SMILES string of the molecule is CC[C@H](C)[C@H]1O[C@]2(C=C[C@@H]1C)C[C@@H]1C[C@@H](C/C=C(\C)[C@@H](OC(C)=O)[C@@H](C)/C=C/C=C3\CO[C@@H]4[C@H](OC(=O)c5cc(OC)cc(OC)c5)C(C)=C[C@@H](C(=O)O1)[C@]34O)O2. The number of ether oxygens (including phenoxy) is 8. The summed E-state index contributed by atoms with van der Waals surface area (Å²) in [5.74, 6) is -3.15. The number of methoxy groups -OCH3 is 2. The number of esters is 3. The van der Waals surface area contributed by atoms with Crippen molar-refractivity contribution in [3.63, 3.8) is 0 Å². The number of hydrogen-bond donors (Lipinski definition) is 1. The van der Waals surface area contributed by atoms with Crippen LogP contribution in [0.1, 0.15) is 84.5 Å². The number of aliphatic hydroxyl groups is 1. The summed E-state index contributed by atoms with van der Waals surface area (Å²) >= 11 is 0. The molecule has 0 unspecified atom stereocenters. The highest BCUT2D eigenvalue weighted by Gasteiger charge is 2.61. The minimum absolute atomic E-state index is 0.0472. The lowest BCUT2D eigenvalue weighted by Crippen LogP contribution is -2.59. The van der Waals surface area contributed by atoms with Crippen molar-refractivity contribution in [2.24, 2.45) is 23.7 Å². The fourth-order valence-electron chi connectivity index (χ4n) is 8.77. The molecule has 6 rings (SSSR count). The molecule has 5 aliphatic rings. The lowest BCUT2D eigenvalue weighted by atomic mass is 9.70. The van der Waals surface area contributed by atoms with Crippen LogP contribution in [0.15, 0.2) is 77.5 Å². The standard InChI is InChI=1S/C45H58O12/c1-10-25(2)39-28(5)16-17-44(57-39)23-36-21-33(56-44)15-14-27(4)38(53-30(7)46)26(3)12-11-13-32-24-52-41-40(29(6)18-37(43(48)54-36)45(32,41)49)55-42(47)31-19-34(50-8)22-35(20-31)51-9/h11-14,16-20,22,25-26,28,33,36-41,49H,10,15,21,23-24H2,1-9H3/b12-11+,27-14+,32-13+/t25-,26-,28-,33+,36-,37-,38-,39+,40+,41+,44+,45+/m0/s1. The Balaban J connectivity index is 1.40. The van der Waals surface area contributed by atoms with Crippen molar-refractivity contribution in [1.82, 2.24) is 0 Å². The van der Waals surface area contributed by atoms with Gasteiger partial charge in [0.25, 0.3) is 0 Å². The first-order chi connectivity index (χ1) is 27.1. The van der Waals surface area contributed by atoms with Gasteiger partial charge in [-0.15, -0.1) is 0 Å². The molecule has 310 valence electrons. The first-order valence-corrected chi connectivity index (χ1v) is 20.0. The summed E-state index contributed by atoms with van der Waals surface area (Å²) in [6.45, 7) is 13.4. The molecule has 12 heteroatoms. The van der Waals surface area contributed by atoms with Crippen LogP contribution in [-0.4, -0.2) is 91.9 Å². The van der Waals surface area contributed by atoms with Gasteiger partial charge in [-0.05, 0) is 61.1 Å². The van der Waals surface area contributed by atoms with Crippen LogP contribution in [0.3, 0.4) is 0 Å². The minimum atomic E-state index is -1.95. The Bertz CT molecular complexity index is 1820. The van der Waals surface area contributed by atoms with Gasteiger partial charge in [0.2, 0.25) is 0 Å². The summed E-state index contributed by atoms with van der Waals surface area (Å²) < 4.78 is 48.9. The maximum absolute atomic E-state index is 14.6. The molecule has 2 bridgehead atoms. The van der Waals surface area contributed by atoms with E-state index >= 15 is 0 Å². The summed E-state index contributed by atoms with van der Waals surface area (Å²) in [6.07, 6.45) is 11.1. The highest BCUT2D eigenvalue weighted by molar-refractivity contribution is 5.91. The van der Waals surface area contributed by atoms with Crippen LogP contribution in [0.4, 0.5) is 0 Å². The van der Waals surface area contributed by atoms with Gasteiger partial charge in [-0.1, -0.05) is 70.6 Å². The highest BCUT2D eigenvalue weighted by atomic mass is 16.7. The van der Waals surface area contributed by atoms with Crippen molar-refractivity contribution in [3.8, 4) is 11.5 Å². The zero-order chi connectivity index (χ0) is 41.2. The van der Waals surface area contributed by atoms with Crippen molar-refractivity contribution in [2.75, 3.05) is 20.8 Å².